The van der Waals surface area contributed by atoms with Crippen LogP contribution in [0.25, 0.3) is 11.4 Å². The van der Waals surface area contributed by atoms with Crippen LogP contribution in [0, 0.1) is 5.82 Å². The Hall–Kier alpha value is -3.22. The average molecular weight is 381 g/mol. The molecule has 1 aliphatic rings. The fraction of sp³-hybridized carbons (Fsp3) is 0.286. The Bertz CT molecular complexity index is 971. The molecule has 1 unspecified atom stereocenters. The minimum Gasteiger partial charge on any atom is -0.494 e. The van der Waals surface area contributed by atoms with Crippen LogP contribution >= 0.6 is 0 Å². The van der Waals surface area contributed by atoms with Crippen molar-refractivity contribution in [3.8, 4) is 17.1 Å². The molecule has 144 valence electrons. The standard InChI is InChI=1S/C21H20FN3O3/c1-2-27-17-9-7-14(8-10-17)20-23-21(28-24-20)16-11-19(26)25(13-16)12-15-5-3-4-6-18(15)22/h3-10,16H,2,11-13H2,1H3. The zero-order valence-corrected chi connectivity index (χ0v) is 15.5. The van der Waals surface area contributed by atoms with Crippen molar-refractivity contribution in [2.24, 2.45) is 0 Å². The minimum atomic E-state index is -0.311. The summed E-state index contributed by atoms with van der Waals surface area (Å²) in [6, 6.07) is 13.9. The van der Waals surface area contributed by atoms with Gasteiger partial charge in [-0.2, -0.15) is 4.98 Å². The predicted octanol–water partition coefficient (Wildman–Crippen LogP) is 3.79. The van der Waals surface area contributed by atoms with Crippen molar-refractivity contribution in [2.45, 2.75) is 25.8 Å². The third kappa shape index (κ3) is 3.74. The molecule has 0 radical (unpaired) electrons. The van der Waals surface area contributed by atoms with E-state index in [1.165, 1.54) is 6.07 Å². The third-order valence-corrected chi connectivity index (χ3v) is 4.75. The smallest absolute Gasteiger partial charge is 0.232 e. The quantitative estimate of drug-likeness (QED) is 0.650. The summed E-state index contributed by atoms with van der Waals surface area (Å²) < 4.78 is 24.7. The monoisotopic (exact) mass is 381 g/mol. The van der Waals surface area contributed by atoms with Gasteiger partial charge in [-0.3, -0.25) is 4.79 Å². The molecule has 6 nitrogen and oxygen atoms in total. The van der Waals surface area contributed by atoms with E-state index in [1.807, 2.05) is 31.2 Å². The summed E-state index contributed by atoms with van der Waals surface area (Å²) in [5, 5.41) is 4.04. The Labute approximate surface area is 161 Å². The largest absolute Gasteiger partial charge is 0.494 e. The average Bonchev–Trinajstić information content (AvgIpc) is 3.32. The highest BCUT2D eigenvalue weighted by atomic mass is 19.1. The second-order valence-electron chi connectivity index (χ2n) is 6.68. The van der Waals surface area contributed by atoms with E-state index in [0.717, 1.165) is 11.3 Å². The topological polar surface area (TPSA) is 68.5 Å². The maximum atomic E-state index is 13.9. The summed E-state index contributed by atoms with van der Waals surface area (Å²) in [5.41, 5.74) is 1.31. The number of rotatable bonds is 6. The van der Waals surface area contributed by atoms with E-state index in [0.29, 0.717) is 30.4 Å². The highest BCUT2D eigenvalue weighted by Crippen LogP contribution is 2.30. The van der Waals surface area contributed by atoms with Crippen LogP contribution in [-0.2, 0) is 11.3 Å². The Morgan fingerprint density at radius 1 is 1.21 bits per heavy atom. The van der Waals surface area contributed by atoms with Crippen LogP contribution in [0.1, 0.15) is 30.7 Å². The lowest BCUT2D eigenvalue weighted by Gasteiger charge is -2.16. The number of benzene rings is 2. The molecule has 2 aromatic carbocycles. The van der Waals surface area contributed by atoms with Crippen LogP contribution in [0.3, 0.4) is 0 Å². The summed E-state index contributed by atoms with van der Waals surface area (Å²) in [7, 11) is 0. The molecule has 1 saturated heterocycles. The lowest BCUT2D eigenvalue weighted by atomic mass is 10.1. The summed E-state index contributed by atoms with van der Waals surface area (Å²) >= 11 is 0. The van der Waals surface area contributed by atoms with Crippen LogP contribution in [0.15, 0.2) is 53.1 Å². The molecule has 0 aliphatic carbocycles. The van der Waals surface area contributed by atoms with Crippen molar-refractivity contribution in [1.29, 1.82) is 0 Å². The lowest BCUT2D eigenvalue weighted by Crippen LogP contribution is -2.24. The van der Waals surface area contributed by atoms with Gasteiger partial charge in [0, 0.05) is 30.6 Å². The van der Waals surface area contributed by atoms with Crippen molar-refractivity contribution in [3.63, 3.8) is 0 Å². The summed E-state index contributed by atoms with van der Waals surface area (Å²) in [6.07, 6.45) is 0.277. The van der Waals surface area contributed by atoms with Gasteiger partial charge in [0.05, 0.1) is 12.5 Å². The highest BCUT2D eigenvalue weighted by Gasteiger charge is 2.34. The number of likely N-dealkylation sites (tertiary alicyclic amines) is 1. The fourth-order valence-corrected chi connectivity index (χ4v) is 3.31. The van der Waals surface area contributed by atoms with E-state index < -0.39 is 0 Å². The number of aromatic nitrogens is 2. The van der Waals surface area contributed by atoms with Gasteiger partial charge in [0.25, 0.3) is 0 Å². The Morgan fingerprint density at radius 3 is 2.75 bits per heavy atom. The molecular weight excluding hydrogens is 361 g/mol. The molecule has 1 aliphatic heterocycles. The number of nitrogens with zero attached hydrogens (tertiary/aromatic N) is 3. The van der Waals surface area contributed by atoms with E-state index >= 15 is 0 Å². The lowest BCUT2D eigenvalue weighted by molar-refractivity contribution is -0.128. The van der Waals surface area contributed by atoms with Gasteiger partial charge in [0.2, 0.25) is 17.6 Å². The molecule has 0 bridgehead atoms. The van der Waals surface area contributed by atoms with Gasteiger partial charge in [-0.1, -0.05) is 23.4 Å². The van der Waals surface area contributed by atoms with Gasteiger partial charge in [0.15, 0.2) is 0 Å². The van der Waals surface area contributed by atoms with E-state index in [-0.39, 0.29) is 30.6 Å². The normalized spacial score (nSPS) is 16.6. The van der Waals surface area contributed by atoms with Crippen molar-refractivity contribution in [3.05, 3.63) is 65.8 Å². The summed E-state index contributed by atoms with van der Waals surface area (Å²) in [6.45, 7) is 3.20. The second-order valence-corrected chi connectivity index (χ2v) is 6.68. The fourth-order valence-electron chi connectivity index (χ4n) is 3.31. The molecule has 2 heterocycles. The van der Waals surface area contributed by atoms with Crippen molar-refractivity contribution in [1.82, 2.24) is 15.0 Å². The molecule has 0 spiro atoms. The van der Waals surface area contributed by atoms with Crippen LogP contribution in [0.4, 0.5) is 4.39 Å². The van der Waals surface area contributed by atoms with Crippen LogP contribution in [-0.4, -0.2) is 34.1 Å². The third-order valence-electron chi connectivity index (χ3n) is 4.75. The van der Waals surface area contributed by atoms with Crippen molar-refractivity contribution in [2.75, 3.05) is 13.2 Å². The predicted molar refractivity (Wildman–Crippen MR) is 100 cm³/mol. The number of carbonyl (C=O) groups excluding carboxylic acids is 1. The van der Waals surface area contributed by atoms with Gasteiger partial charge in [-0.05, 0) is 37.3 Å². The Balaban J connectivity index is 1.45. The van der Waals surface area contributed by atoms with E-state index in [1.54, 1.807) is 23.1 Å². The molecule has 1 fully saturated rings. The van der Waals surface area contributed by atoms with Crippen molar-refractivity contribution < 1.29 is 18.4 Å². The van der Waals surface area contributed by atoms with E-state index in [4.69, 9.17) is 9.26 Å². The van der Waals surface area contributed by atoms with Crippen molar-refractivity contribution >= 4 is 5.91 Å². The molecule has 1 atom stereocenters. The zero-order chi connectivity index (χ0) is 19.5. The molecular formula is C21H20FN3O3. The van der Waals surface area contributed by atoms with Crippen LogP contribution < -0.4 is 4.74 Å². The molecule has 4 rings (SSSR count). The van der Waals surface area contributed by atoms with Gasteiger partial charge >= 0.3 is 0 Å². The zero-order valence-electron chi connectivity index (χ0n) is 15.5. The molecule has 28 heavy (non-hydrogen) atoms. The van der Waals surface area contributed by atoms with E-state index in [2.05, 4.69) is 10.1 Å². The summed E-state index contributed by atoms with van der Waals surface area (Å²) in [5.74, 6) is 1.12. The van der Waals surface area contributed by atoms with Gasteiger partial charge < -0.3 is 14.2 Å². The second kappa shape index (κ2) is 7.80. The van der Waals surface area contributed by atoms with Crippen LogP contribution in [0.5, 0.6) is 5.75 Å². The first-order valence-electron chi connectivity index (χ1n) is 9.22. The van der Waals surface area contributed by atoms with Crippen LogP contribution in [0.2, 0.25) is 0 Å². The molecule has 0 saturated carbocycles. The number of halogens is 1. The van der Waals surface area contributed by atoms with Gasteiger partial charge in [-0.15, -0.1) is 0 Å². The Kier molecular flexibility index (Phi) is 5.06. The maximum Gasteiger partial charge on any atom is 0.232 e. The first-order chi connectivity index (χ1) is 13.6. The number of hydrogen-bond acceptors (Lipinski definition) is 5. The minimum absolute atomic E-state index is 0.0472. The number of carbonyl (C=O) groups is 1. The molecule has 7 heteroatoms. The first kappa shape index (κ1) is 18.2. The first-order valence-corrected chi connectivity index (χ1v) is 9.22. The SMILES string of the molecule is CCOc1ccc(-c2noc(C3CC(=O)N(Cc4ccccc4F)C3)n2)cc1. The number of hydrogen-bond donors (Lipinski definition) is 0. The molecule has 1 amide bonds. The molecule has 0 N–H and O–H groups in total. The maximum absolute atomic E-state index is 13.9. The molecule has 1 aromatic heterocycles. The van der Waals surface area contributed by atoms with Gasteiger partial charge in [0.1, 0.15) is 11.6 Å². The van der Waals surface area contributed by atoms with E-state index in [9.17, 15) is 9.18 Å². The summed E-state index contributed by atoms with van der Waals surface area (Å²) in [4.78, 5) is 18.4. The highest BCUT2D eigenvalue weighted by molar-refractivity contribution is 5.79. The molecule has 3 aromatic rings. The Morgan fingerprint density at radius 2 is 2.00 bits per heavy atom. The van der Waals surface area contributed by atoms with Gasteiger partial charge in [-0.25, -0.2) is 4.39 Å². The number of amides is 1. The number of ether oxygens (including phenoxy) is 1.